The minimum absolute atomic E-state index is 0.763. The molecule has 0 spiro atoms. The van der Waals surface area contributed by atoms with Crippen LogP contribution in [-0.4, -0.2) is 5.11 Å². The molecule has 0 aliphatic heterocycles. The lowest BCUT2D eigenvalue weighted by Crippen LogP contribution is -2.15. The van der Waals surface area contributed by atoms with Gasteiger partial charge in [-0.15, -0.1) is 0 Å². The van der Waals surface area contributed by atoms with Gasteiger partial charge in [0.15, 0.2) is 0 Å². The molecule has 2 aromatic carbocycles. The van der Waals surface area contributed by atoms with E-state index in [2.05, 4.69) is 42.5 Å². The largest absolute Gasteiger partial charge is 0.386 e. The van der Waals surface area contributed by atoms with E-state index in [9.17, 15) is 5.11 Å². The Morgan fingerprint density at radius 1 is 0.895 bits per heavy atom. The van der Waals surface area contributed by atoms with Gasteiger partial charge in [0.25, 0.3) is 0 Å². The second-order valence-corrected chi connectivity index (χ2v) is 5.94. The Kier molecular flexibility index (Phi) is 2.94. The van der Waals surface area contributed by atoms with Gasteiger partial charge in [-0.3, -0.25) is 0 Å². The van der Waals surface area contributed by atoms with E-state index in [-0.39, 0.29) is 0 Å². The van der Waals surface area contributed by atoms with Crippen molar-refractivity contribution in [3.05, 3.63) is 59.2 Å². The highest BCUT2D eigenvalue weighted by molar-refractivity contribution is 5.72. The van der Waals surface area contributed by atoms with Gasteiger partial charge < -0.3 is 5.11 Å². The number of hydrogen-bond acceptors (Lipinski definition) is 1. The number of fused-ring (bicyclic) bond motifs is 3. The zero-order chi connectivity index (χ0) is 13.5. The predicted molar refractivity (Wildman–Crippen MR) is 79.1 cm³/mol. The van der Waals surface area contributed by atoms with Gasteiger partial charge in [-0.25, -0.2) is 0 Å². The molecule has 0 saturated heterocycles. The van der Waals surface area contributed by atoms with Crippen LogP contribution in [0.2, 0.25) is 0 Å². The molecule has 19 heavy (non-hydrogen) atoms. The van der Waals surface area contributed by atoms with Crippen molar-refractivity contribution in [3.63, 3.8) is 0 Å². The molecule has 3 rings (SSSR count). The van der Waals surface area contributed by atoms with Crippen molar-refractivity contribution in [2.24, 2.45) is 0 Å². The van der Waals surface area contributed by atoms with E-state index in [0.717, 1.165) is 18.4 Å². The first-order chi connectivity index (χ1) is 9.05. The third kappa shape index (κ3) is 2.31. The minimum Gasteiger partial charge on any atom is -0.386 e. The van der Waals surface area contributed by atoms with E-state index in [1.165, 1.54) is 28.7 Å². The van der Waals surface area contributed by atoms with Crippen LogP contribution in [0.25, 0.3) is 11.1 Å². The van der Waals surface area contributed by atoms with Crippen LogP contribution in [0, 0.1) is 0 Å². The van der Waals surface area contributed by atoms with Crippen molar-refractivity contribution in [3.8, 4) is 11.1 Å². The van der Waals surface area contributed by atoms with Crippen LogP contribution >= 0.6 is 0 Å². The molecule has 0 atom stereocenters. The summed E-state index contributed by atoms with van der Waals surface area (Å²) in [5.41, 5.74) is 5.74. The van der Waals surface area contributed by atoms with Crippen LogP contribution in [0.4, 0.5) is 0 Å². The summed E-state index contributed by atoms with van der Waals surface area (Å²) < 4.78 is 0. The van der Waals surface area contributed by atoms with Gasteiger partial charge >= 0.3 is 0 Å². The van der Waals surface area contributed by atoms with Crippen LogP contribution in [-0.2, 0) is 18.4 Å². The fourth-order valence-corrected chi connectivity index (χ4v) is 2.91. The molecule has 0 unspecified atom stereocenters. The first-order valence-electron chi connectivity index (χ1n) is 7.00. The molecule has 0 bridgehead atoms. The summed E-state index contributed by atoms with van der Waals surface area (Å²) in [6.45, 7) is 3.69. The second-order valence-electron chi connectivity index (χ2n) is 5.94. The molecule has 1 aliphatic carbocycles. The van der Waals surface area contributed by atoms with E-state index in [1.54, 1.807) is 0 Å². The third-order valence-corrected chi connectivity index (χ3v) is 4.01. The minimum atomic E-state index is -0.763. The number of rotatable bonds is 1. The second kappa shape index (κ2) is 4.50. The van der Waals surface area contributed by atoms with Crippen molar-refractivity contribution < 1.29 is 5.11 Å². The Hall–Kier alpha value is -1.60. The van der Waals surface area contributed by atoms with E-state index in [1.807, 2.05) is 13.8 Å². The summed E-state index contributed by atoms with van der Waals surface area (Å²) in [5, 5.41) is 10.2. The van der Waals surface area contributed by atoms with Gasteiger partial charge in [-0.1, -0.05) is 42.5 Å². The smallest absolute Gasteiger partial charge is 0.0840 e. The Bertz CT molecular complexity index is 605. The molecule has 0 amide bonds. The Morgan fingerprint density at radius 2 is 1.58 bits per heavy atom. The Labute approximate surface area is 114 Å². The third-order valence-electron chi connectivity index (χ3n) is 4.01. The zero-order valence-electron chi connectivity index (χ0n) is 11.6. The van der Waals surface area contributed by atoms with E-state index < -0.39 is 5.60 Å². The Balaban J connectivity index is 2.16. The molecule has 1 N–H and O–H groups in total. The molecule has 2 aromatic rings. The molecular weight excluding hydrogens is 232 g/mol. The van der Waals surface area contributed by atoms with Crippen molar-refractivity contribution in [1.82, 2.24) is 0 Å². The van der Waals surface area contributed by atoms with Crippen molar-refractivity contribution >= 4 is 0 Å². The summed E-state index contributed by atoms with van der Waals surface area (Å²) in [6, 6.07) is 15.1. The summed E-state index contributed by atoms with van der Waals surface area (Å²) >= 11 is 0. The average Bonchev–Trinajstić information content (AvgIpc) is 2.56. The van der Waals surface area contributed by atoms with Gasteiger partial charge in [-0.2, -0.15) is 0 Å². The van der Waals surface area contributed by atoms with Crippen molar-refractivity contribution in [2.75, 3.05) is 0 Å². The van der Waals surface area contributed by atoms with E-state index >= 15 is 0 Å². The number of aliphatic hydroxyl groups is 1. The van der Waals surface area contributed by atoms with Crippen molar-refractivity contribution in [1.29, 1.82) is 0 Å². The lowest BCUT2D eigenvalue weighted by Gasteiger charge is -2.20. The normalized spacial score (nSPS) is 14.5. The summed E-state index contributed by atoms with van der Waals surface area (Å²) in [5.74, 6) is 0. The molecule has 98 valence electrons. The van der Waals surface area contributed by atoms with Crippen LogP contribution in [0.3, 0.4) is 0 Å². The molecule has 0 fully saturated rings. The van der Waals surface area contributed by atoms with Crippen molar-refractivity contribution in [2.45, 2.75) is 38.7 Å². The number of aryl methyl sites for hydroxylation is 2. The maximum absolute atomic E-state index is 10.2. The molecule has 1 heteroatoms. The fraction of sp³-hybridized carbons (Fsp3) is 0.333. The summed E-state index contributed by atoms with van der Waals surface area (Å²) in [6.07, 6.45) is 3.41. The molecule has 0 heterocycles. The zero-order valence-corrected chi connectivity index (χ0v) is 11.6. The fourth-order valence-electron chi connectivity index (χ4n) is 2.91. The quantitative estimate of drug-likeness (QED) is 0.811. The maximum atomic E-state index is 10.2. The van der Waals surface area contributed by atoms with E-state index in [0.29, 0.717) is 0 Å². The molecule has 1 nitrogen and oxygen atoms in total. The average molecular weight is 252 g/mol. The number of benzene rings is 2. The van der Waals surface area contributed by atoms with Gasteiger partial charge in [-0.05, 0) is 60.9 Å². The molecule has 0 aromatic heterocycles. The standard InChI is InChI=1S/C18H20O/c1-18(2,19)15-10-11-17-14(12-15)8-5-7-13-6-3-4-9-16(13)17/h3-4,6,9-12,19H,5,7-8H2,1-2H3. The lowest BCUT2D eigenvalue weighted by atomic mass is 9.90. The topological polar surface area (TPSA) is 20.2 Å². The van der Waals surface area contributed by atoms with Crippen LogP contribution < -0.4 is 0 Å². The van der Waals surface area contributed by atoms with Crippen LogP contribution in [0.15, 0.2) is 42.5 Å². The predicted octanol–water partition coefficient (Wildman–Crippen LogP) is 4.07. The SMILES string of the molecule is CC(C)(O)c1ccc2c(c1)CCCc1ccccc1-2. The van der Waals surface area contributed by atoms with Gasteiger partial charge in [0.05, 0.1) is 5.60 Å². The Morgan fingerprint density at radius 3 is 2.37 bits per heavy atom. The molecule has 0 saturated carbocycles. The first kappa shape index (κ1) is 12.4. The monoisotopic (exact) mass is 252 g/mol. The maximum Gasteiger partial charge on any atom is 0.0840 e. The van der Waals surface area contributed by atoms with Gasteiger partial charge in [0.2, 0.25) is 0 Å². The molecule has 0 radical (unpaired) electrons. The summed E-state index contributed by atoms with van der Waals surface area (Å²) in [7, 11) is 0. The molecule has 1 aliphatic rings. The van der Waals surface area contributed by atoms with Gasteiger partial charge in [0.1, 0.15) is 0 Å². The lowest BCUT2D eigenvalue weighted by molar-refractivity contribution is 0.0785. The van der Waals surface area contributed by atoms with E-state index in [4.69, 9.17) is 0 Å². The highest BCUT2D eigenvalue weighted by atomic mass is 16.3. The molecular formula is C18H20O. The number of hydrogen-bond donors (Lipinski definition) is 1. The first-order valence-corrected chi connectivity index (χ1v) is 7.00. The van der Waals surface area contributed by atoms with Crippen LogP contribution in [0.5, 0.6) is 0 Å². The van der Waals surface area contributed by atoms with Gasteiger partial charge in [0, 0.05) is 0 Å². The van der Waals surface area contributed by atoms with Crippen LogP contribution in [0.1, 0.15) is 37.0 Å². The highest BCUT2D eigenvalue weighted by Crippen LogP contribution is 2.34. The highest BCUT2D eigenvalue weighted by Gasteiger charge is 2.19. The summed E-state index contributed by atoms with van der Waals surface area (Å²) in [4.78, 5) is 0.